The Bertz CT molecular complexity index is 407. The molecular weight excluding hydrogens is 232 g/mol. The average Bonchev–Trinajstić information content (AvgIpc) is 2.28. The number of anilines is 2. The minimum absolute atomic E-state index is 0.0601. The minimum atomic E-state index is -0.334. The van der Waals surface area contributed by atoms with E-state index in [0.29, 0.717) is 18.3 Å². The van der Waals surface area contributed by atoms with Gasteiger partial charge in [-0.3, -0.25) is 4.90 Å². The number of nitrogens with two attached hydrogens (primary N) is 1. The van der Waals surface area contributed by atoms with Crippen LogP contribution in [0.25, 0.3) is 0 Å². The fourth-order valence-electron chi connectivity index (χ4n) is 1.24. The Labute approximate surface area is 108 Å². The Hall–Kier alpha value is -1.47. The molecule has 0 saturated carbocycles. The van der Waals surface area contributed by atoms with Crippen molar-refractivity contribution >= 4 is 11.9 Å². The van der Waals surface area contributed by atoms with Crippen molar-refractivity contribution in [2.45, 2.75) is 25.9 Å². The van der Waals surface area contributed by atoms with E-state index >= 15 is 0 Å². The maximum Gasteiger partial charge on any atom is 0.229 e. The highest BCUT2D eigenvalue weighted by Crippen LogP contribution is 2.14. The summed E-state index contributed by atoms with van der Waals surface area (Å²) >= 11 is 0. The summed E-state index contributed by atoms with van der Waals surface area (Å²) in [6.45, 7) is 4.46. The first-order chi connectivity index (χ1) is 8.26. The molecular formula is C11H22N6O. The molecule has 7 heteroatoms. The molecule has 0 fully saturated rings. The number of aromatic nitrogens is 3. The van der Waals surface area contributed by atoms with Gasteiger partial charge in [-0.2, -0.15) is 15.0 Å². The first kappa shape index (κ1) is 14.6. The van der Waals surface area contributed by atoms with Crippen molar-refractivity contribution < 1.29 is 5.11 Å². The summed E-state index contributed by atoms with van der Waals surface area (Å²) in [4.78, 5) is 16.2. The molecule has 0 aliphatic heterocycles. The Morgan fingerprint density at radius 1 is 1.17 bits per heavy atom. The molecule has 0 radical (unpaired) electrons. The van der Waals surface area contributed by atoms with Crippen molar-refractivity contribution in [1.29, 1.82) is 0 Å². The SMILES string of the molecule is CN(C)c1nc(N)nc(CN(C)C(C)(C)CO)n1. The first-order valence-electron chi connectivity index (χ1n) is 5.76. The average molecular weight is 254 g/mol. The molecule has 0 spiro atoms. The molecule has 7 nitrogen and oxygen atoms in total. The van der Waals surface area contributed by atoms with E-state index < -0.39 is 0 Å². The van der Waals surface area contributed by atoms with Gasteiger partial charge in [-0.05, 0) is 20.9 Å². The molecule has 102 valence electrons. The topological polar surface area (TPSA) is 91.4 Å². The Morgan fingerprint density at radius 2 is 1.78 bits per heavy atom. The number of hydrogen-bond donors (Lipinski definition) is 2. The lowest BCUT2D eigenvalue weighted by molar-refractivity contribution is 0.0714. The summed E-state index contributed by atoms with van der Waals surface area (Å²) in [7, 11) is 5.60. The van der Waals surface area contributed by atoms with Crippen LogP contribution in [0.15, 0.2) is 0 Å². The number of aliphatic hydroxyl groups excluding tert-OH is 1. The smallest absolute Gasteiger partial charge is 0.229 e. The van der Waals surface area contributed by atoms with Crippen molar-refractivity contribution in [1.82, 2.24) is 19.9 Å². The van der Waals surface area contributed by atoms with Crippen LogP contribution in [0.5, 0.6) is 0 Å². The third-order valence-corrected chi connectivity index (χ3v) is 2.89. The Kier molecular flexibility index (Phi) is 4.42. The van der Waals surface area contributed by atoms with E-state index in [1.165, 1.54) is 0 Å². The quantitative estimate of drug-likeness (QED) is 0.746. The number of likely N-dealkylation sites (N-methyl/N-ethyl adjacent to an activating group) is 1. The highest BCUT2D eigenvalue weighted by Gasteiger charge is 2.23. The van der Waals surface area contributed by atoms with Crippen molar-refractivity contribution in [3.8, 4) is 0 Å². The van der Waals surface area contributed by atoms with E-state index in [4.69, 9.17) is 5.73 Å². The molecule has 0 bridgehead atoms. The summed E-state index contributed by atoms with van der Waals surface area (Å²) in [6, 6.07) is 0. The minimum Gasteiger partial charge on any atom is -0.394 e. The summed E-state index contributed by atoms with van der Waals surface area (Å²) in [5.41, 5.74) is 5.32. The predicted octanol–water partition coefficient (Wildman–Crippen LogP) is -0.277. The van der Waals surface area contributed by atoms with Gasteiger partial charge in [-0.1, -0.05) is 0 Å². The zero-order valence-corrected chi connectivity index (χ0v) is 11.7. The monoisotopic (exact) mass is 254 g/mol. The molecule has 1 aromatic heterocycles. The van der Waals surface area contributed by atoms with Crippen LogP contribution in [0.1, 0.15) is 19.7 Å². The Morgan fingerprint density at radius 3 is 2.28 bits per heavy atom. The maximum absolute atomic E-state index is 9.31. The number of nitrogen functional groups attached to an aromatic ring is 1. The molecule has 1 aromatic rings. The van der Waals surface area contributed by atoms with Crippen LogP contribution in [0.2, 0.25) is 0 Å². The second-order valence-corrected chi connectivity index (χ2v) is 5.13. The van der Waals surface area contributed by atoms with Crippen molar-refractivity contribution in [2.75, 3.05) is 38.4 Å². The zero-order valence-electron chi connectivity index (χ0n) is 11.7. The van der Waals surface area contributed by atoms with Crippen LogP contribution in [0.4, 0.5) is 11.9 Å². The predicted molar refractivity (Wildman–Crippen MR) is 71.2 cm³/mol. The number of nitrogens with zero attached hydrogens (tertiary/aromatic N) is 5. The van der Waals surface area contributed by atoms with E-state index in [2.05, 4.69) is 15.0 Å². The van der Waals surface area contributed by atoms with Crippen molar-refractivity contribution in [3.63, 3.8) is 0 Å². The largest absolute Gasteiger partial charge is 0.394 e. The molecule has 0 aliphatic carbocycles. The van der Waals surface area contributed by atoms with Gasteiger partial charge in [0.1, 0.15) is 5.82 Å². The molecule has 0 unspecified atom stereocenters. The lowest BCUT2D eigenvalue weighted by Crippen LogP contribution is -2.44. The van der Waals surface area contributed by atoms with Gasteiger partial charge in [-0.15, -0.1) is 0 Å². The third kappa shape index (κ3) is 3.51. The molecule has 0 saturated heterocycles. The van der Waals surface area contributed by atoms with E-state index in [1.54, 1.807) is 4.90 Å². The second kappa shape index (κ2) is 5.45. The van der Waals surface area contributed by atoms with E-state index in [0.717, 1.165) is 0 Å². The lowest BCUT2D eigenvalue weighted by Gasteiger charge is -2.33. The van der Waals surface area contributed by atoms with Gasteiger partial charge in [0.15, 0.2) is 0 Å². The summed E-state index contributed by atoms with van der Waals surface area (Å²) in [6.07, 6.45) is 0. The van der Waals surface area contributed by atoms with Crippen LogP contribution in [-0.2, 0) is 6.54 Å². The Balaban J connectivity index is 2.91. The van der Waals surface area contributed by atoms with E-state index in [1.807, 2.05) is 39.9 Å². The van der Waals surface area contributed by atoms with Crippen LogP contribution in [0.3, 0.4) is 0 Å². The van der Waals surface area contributed by atoms with E-state index in [9.17, 15) is 5.11 Å². The normalized spacial score (nSPS) is 11.9. The molecule has 1 rings (SSSR count). The molecule has 0 amide bonds. The van der Waals surface area contributed by atoms with Crippen molar-refractivity contribution in [2.24, 2.45) is 0 Å². The van der Waals surface area contributed by atoms with Gasteiger partial charge in [0.05, 0.1) is 13.2 Å². The maximum atomic E-state index is 9.31. The molecule has 18 heavy (non-hydrogen) atoms. The van der Waals surface area contributed by atoms with Gasteiger partial charge in [0, 0.05) is 19.6 Å². The lowest BCUT2D eigenvalue weighted by atomic mass is 10.1. The highest BCUT2D eigenvalue weighted by molar-refractivity contribution is 5.32. The number of aliphatic hydroxyl groups is 1. The van der Waals surface area contributed by atoms with Gasteiger partial charge in [0.2, 0.25) is 11.9 Å². The first-order valence-corrected chi connectivity index (χ1v) is 5.76. The molecule has 1 heterocycles. The van der Waals surface area contributed by atoms with Crippen LogP contribution in [-0.4, -0.2) is 58.2 Å². The fraction of sp³-hybridized carbons (Fsp3) is 0.727. The fourth-order valence-corrected chi connectivity index (χ4v) is 1.24. The zero-order chi connectivity index (χ0) is 13.9. The van der Waals surface area contributed by atoms with E-state index in [-0.39, 0.29) is 18.1 Å². The summed E-state index contributed by atoms with van der Waals surface area (Å²) in [5.74, 6) is 1.34. The van der Waals surface area contributed by atoms with Gasteiger partial charge in [0.25, 0.3) is 0 Å². The second-order valence-electron chi connectivity index (χ2n) is 5.13. The molecule has 3 N–H and O–H groups in total. The number of rotatable bonds is 5. The van der Waals surface area contributed by atoms with Crippen LogP contribution >= 0.6 is 0 Å². The van der Waals surface area contributed by atoms with Crippen molar-refractivity contribution in [3.05, 3.63) is 5.82 Å². The van der Waals surface area contributed by atoms with Gasteiger partial charge < -0.3 is 15.7 Å². The number of hydrogen-bond acceptors (Lipinski definition) is 7. The summed E-state index contributed by atoms with van der Waals surface area (Å²) in [5, 5.41) is 9.31. The third-order valence-electron chi connectivity index (χ3n) is 2.89. The van der Waals surface area contributed by atoms with Crippen LogP contribution < -0.4 is 10.6 Å². The molecule has 0 aliphatic rings. The highest BCUT2D eigenvalue weighted by atomic mass is 16.3. The molecule has 0 aromatic carbocycles. The molecule has 0 atom stereocenters. The summed E-state index contributed by atoms with van der Waals surface area (Å²) < 4.78 is 0. The van der Waals surface area contributed by atoms with Gasteiger partial charge >= 0.3 is 0 Å². The van der Waals surface area contributed by atoms with Gasteiger partial charge in [-0.25, -0.2) is 0 Å². The standard InChI is InChI=1S/C11H22N6O/c1-11(2,7-18)17(5)6-8-13-9(12)15-10(14-8)16(3)4/h18H,6-7H2,1-5H3,(H2,12,13,14,15). The van der Waals surface area contributed by atoms with Crippen LogP contribution in [0, 0.1) is 0 Å².